The number of nitrogens with zero attached hydrogens (tertiary/aromatic N) is 1. The first-order valence-corrected chi connectivity index (χ1v) is 10.5. The maximum absolute atomic E-state index is 13.9. The van der Waals surface area contributed by atoms with Gasteiger partial charge in [0.2, 0.25) is 0 Å². The lowest BCUT2D eigenvalue weighted by Crippen LogP contribution is -2.29. The van der Waals surface area contributed by atoms with Gasteiger partial charge in [-0.15, -0.1) is 0 Å². The van der Waals surface area contributed by atoms with Crippen molar-refractivity contribution in [3.05, 3.63) is 95.6 Å². The van der Waals surface area contributed by atoms with Crippen LogP contribution in [0.5, 0.6) is 0 Å². The van der Waals surface area contributed by atoms with Crippen LogP contribution in [-0.4, -0.2) is 21.4 Å². The van der Waals surface area contributed by atoms with Gasteiger partial charge in [0, 0.05) is 24.2 Å². The minimum Gasteiger partial charge on any atom is -0.345 e. The van der Waals surface area contributed by atoms with Gasteiger partial charge in [0.05, 0.1) is 16.6 Å². The van der Waals surface area contributed by atoms with Crippen molar-refractivity contribution in [1.82, 2.24) is 5.32 Å². The smallest absolute Gasteiger partial charge is 0.264 e. The van der Waals surface area contributed by atoms with Crippen LogP contribution in [0.25, 0.3) is 0 Å². The molecule has 0 saturated carbocycles. The number of sulfonamides is 1. The number of benzene rings is 3. The highest BCUT2D eigenvalue weighted by Crippen LogP contribution is 2.23. The van der Waals surface area contributed by atoms with E-state index in [-0.39, 0.29) is 16.0 Å². The third kappa shape index (κ3) is 4.49. The quantitative estimate of drug-likeness (QED) is 0.635. The highest BCUT2D eigenvalue weighted by atomic mass is 32.2. The average molecular weight is 430 g/mol. The van der Waals surface area contributed by atoms with Crippen LogP contribution in [0.15, 0.2) is 77.7 Å². The van der Waals surface area contributed by atoms with Gasteiger partial charge in [0.1, 0.15) is 11.6 Å². The highest BCUT2D eigenvalue weighted by Gasteiger charge is 2.23. The Kier molecular flexibility index (Phi) is 6.17. The summed E-state index contributed by atoms with van der Waals surface area (Å²) in [4.78, 5) is 12.6. The van der Waals surface area contributed by atoms with E-state index in [9.17, 15) is 22.0 Å². The average Bonchev–Trinajstić information content (AvgIpc) is 2.73. The van der Waals surface area contributed by atoms with Crippen LogP contribution in [0.1, 0.15) is 28.9 Å². The van der Waals surface area contributed by atoms with Crippen molar-refractivity contribution in [3.63, 3.8) is 0 Å². The summed E-state index contributed by atoms with van der Waals surface area (Å²) in [6.45, 7) is 1.55. The van der Waals surface area contributed by atoms with Gasteiger partial charge >= 0.3 is 0 Å². The van der Waals surface area contributed by atoms with Crippen LogP contribution >= 0.6 is 0 Å². The molecule has 0 aliphatic carbocycles. The Balaban J connectivity index is 1.83. The Morgan fingerprint density at radius 2 is 1.67 bits per heavy atom. The Labute approximate surface area is 174 Å². The standard InChI is InChI=1S/C22H20F2N2O3S/c1-15(20-12-11-17(23)14-21(20)24)25-22(27)16-7-6-10-19(13-16)30(28,29)26(2)18-8-4-3-5-9-18/h3-15H,1-2H3,(H,25,27)/t15-/m1/s1. The molecular formula is C22H20F2N2O3S. The summed E-state index contributed by atoms with van der Waals surface area (Å²) >= 11 is 0. The fraction of sp³-hybridized carbons (Fsp3) is 0.136. The Morgan fingerprint density at radius 3 is 2.33 bits per heavy atom. The van der Waals surface area contributed by atoms with Gasteiger partial charge in [0.25, 0.3) is 15.9 Å². The van der Waals surface area contributed by atoms with E-state index in [1.807, 2.05) is 0 Å². The molecule has 1 atom stereocenters. The summed E-state index contributed by atoms with van der Waals surface area (Å²) in [6, 6.07) is 16.5. The number of amides is 1. The lowest BCUT2D eigenvalue weighted by atomic mass is 10.1. The van der Waals surface area contributed by atoms with Crippen LogP contribution in [0.3, 0.4) is 0 Å². The molecule has 0 spiro atoms. The Bertz CT molecular complexity index is 1170. The minimum absolute atomic E-state index is 0.0536. The molecule has 0 aliphatic rings. The van der Waals surface area contributed by atoms with Crippen molar-refractivity contribution in [2.45, 2.75) is 17.9 Å². The van der Waals surface area contributed by atoms with E-state index in [0.717, 1.165) is 16.4 Å². The van der Waals surface area contributed by atoms with E-state index in [1.165, 1.54) is 37.4 Å². The van der Waals surface area contributed by atoms with E-state index < -0.39 is 33.6 Å². The van der Waals surface area contributed by atoms with Gasteiger partial charge in [-0.1, -0.05) is 30.3 Å². The number of hydrogen-bond donors (Lipinski definition) is 1. The summed E-state index contributed by atoms with van der Waals surface area (Å²) in [5, 5.41) is 2.60. The van der Waals surface area contributed by atoms with Gasteiger partial charge in [-0.3, -0.25) is 9.10 Å². The van der Waals surface area contributed by atoms with Crippen molar-refractivity contribution in [2.24, 2.45) is 0 Å². The molecule has 0 aromatic heterocycles. The van der Waals surface area contributed by atoms with Gasteiger partial charge in [-0.2, -0.15) is 0 Å². The molecule has 1 N–H and O–H groups in total. The predicted molar refractivity (Wildman–Crippen MR) is 111 cm³/mol. The third-order valence-corrected chi connectivity index (χ3v) is 6.43. The summed E-state index contributed by atoms with van der Waals surface area (Å²) in [5.41, 5.74) is 0.706. The molecule has 0 heterocycles. The highest BCUT2D eigenvalue weighted by molar-refractivity contribution is 7.92. The van der Waals surface area contributed by atoms with E-state index in [4.69, 9.17) is 0 Å². The van der Waals surface area contributed by atoms with E-state index >= 15 is 0 Å². The molecular weight excluding hydrogens is 410 g/mol. The van der Waals surface area contributed by atoms with Crippen LogP contribution in [0.2, 0.25) is 0 Å². The number of nitrogens with one attached hydrogen (secondary N) is 1. The molecule has 1 amide bonds. The van der Waals surface area contributed by atoms with Crippen LogP contribution < -0.4 is 9.62 Å². The first-order chi connectivity index (χ1) is 14.2. The molecule has 8 heteroatoms. The Morgan fingerprint density at radius 1 is 0.967 bits per heavy atom. The maximum atomic E-state index is 13.9. The molecule has 3 aromatic carbocycles. The van der Waals surface area contributed by atoms with Crippen LogP contribution in [-0.2, 0) is 10.0 Å². The van der Waals surface area contributed by atoms with Gasteiger partial charge in [0.15, 0.2) is 0 Å². The summed E-state index contributed by atoms with van der Waals surface area (Å²) < 4.78 is 54.0. The molecule has 0 radical (unpaired) electrons. The monoisotopic (exact) mass is 430 g/mol. The number of anilines is 1. The summed E-state index contributed by atoms with van der Waals surface area (Å²) in [7, 11) is -2.46. The largest absolute Gasteiger partial charge is 0.345 e. The fourth-order valence-corrected chi connectivity index (χ4v) is 4.18. The molecule has 0 unspecified atom stereocenters. The van der Waals surface area contributed by atoms with Crippen molar-refractivity contribution in [2.75, 3.05) is 11.4 Å². The van der Waals surface area contributed by atoms with E-state index in [0.29, 0.717) is 5.69 Å². The SMILES string of the molecule is C[C@@H](NC(=O)c1cccc(S(=O)(=O)N(C)c2ccccc2)c1)c1ccc(F)cc1F. The van der Waals surface area contributed by atoms with Gasteiger partial charge < -0.3 is 5.32 Å². The fourth-order valence-electron chi connectivity index (χ4n) is 2.94. The zero-order chi connectivity index (χ0) is 21.9. The molecule has 30 heavy (non-hydrogen) atoms. The zero-order valence-electron chi connectivity index (χ0n) is 16.3. The second-order valence-electron chi connectivity index (χ2n) is 6.70. The summed E-state index contributed by atoms with van der Waals surface area (Å²) in [5.74, 6) is -2.07. The van der Waals surface area contributed by atoms with Gasteiger partial charge in [-0.05, 0) is 43.3 Å². The summed E-state index contributed by atoms with van der Waals surface area (Å²) in [6.07, 6.45) is 0. The maximum Gasteiger partial charge on any atom is 0.264 e. The minimum atomic E-state index is -3.89. The molecule has 0 fully saturated rings. The molecule has 0 bridgehead atoms. The number of halogens is 2. The van der Waals surface area contributed by atoms with Crippen molar-refractivity contribution in [3.8, 4) is 0 Å². The van der Waals surface area contributed by atoms with Crippen molar-refractivity contribution >= 4 is 21.6 Å². The topological polar surface area (TPSA) is 66.5 Å². The number of para-hydroxylation sites is 1. The molecule has 156 valence electrons. The molecule has 0 aliphatic heterocycles. The van der Waals surface area contributed by atoms with Crippen LogP contribution in [0, 0.1) is 11.6 Å². The second kappa shape index (κ2) is 8.62. The van der Waals surface area contributed by atoms with Crippen molar-refractivity contribution in [1.29, 1.82) is 0 Å². The predicted octanol–water partition coefficient (Wildman–Crippen LogP) is 4.28. The van der Waals surface area contributed by atoms with Crippen LogP contribution in [0.4, 0.5) is 14.5 Å². The molecule has 0 saturated heterocycles. The first kappa shape index (κ1) is 21.4. The van der Waals surface area contributed by atoms with Gasteiger partial charge in [-0.25, -0.2) is 17.2 Å². The number of carbonyl (C=O) groups is 1. The first-order valence-electron chi connectivity index (χ1n) is 9.10. The zero-order valence-corrected chi connectivity index (χ0v) is 17.2. The normalized spacial score (nSPS) is 12.3. The van der Waals surface area contributed by atoms with E-state index in [1.54, 1.807) is 37.3 Å². The molecule has 3 rings (SSSR count). The molecule has 5 nitrogen and oxygen atoms in total. The Hall–Kier alpha value is -3.26. The van der Waals surface area contributed by atoms with Crippen molar-refractivity contribution < 1.29 is 22.0 Å². The lowest BCUT2D eigenvalue weighted by Gasteiger charge is -2.20. The lowest BCUT2D eigenvalue weighted by molar-refractivity contribution is 0.0939. The molecule has 3 aromatic rings. The number of rotatable bonds is 6. The third-order valence-electron chi connectivity index (χ3n) is 4.65. The number of carbonyl (C=O) groups excluding carboxylic acids is 1. The second-order valence-corrected chi connectivity index (χ2v) is 8.67. The van der Waals surface area contributed by atoms with E-state index in [2.05, 4.69) is 5.32 Å². The number of hydrogen-bond acceptors (Lipinski definition) is 3.